The molecule has 1 aliphatic carbocycles. The van der Waals surface area contributed by atoms with E-state index in [4.69, 9.17) is 10.2 Å². The molecule has 2 rings (SSSR count). The summed E-state index contributed by atoms with van der Waals surface area (Å²) in [5, 5.41) is 23.0. The lowest BCUT2D eigenvalue weighted by molar-refractivity contribution is -0.146. The number of carbonyl (C=O) groups excluding carboxylic acids is 1. The molecule has 4 N–H and O–H groups in total. The van der Waals surface area contributed by atoms with E-state index < -0.39 is 12.1 Å². The summed E-state index contributed by atoms with van der Waals surface area (Å²) in [5.41, 5.74) is 0. The molecule has 1 saturated carbocycles. The van der Waals surface area contributed by atoms with Gasteiger partial charge in [0, 0.05) is 38.1 Å². The highest BCUT2D eigenvalue weighted by molar-refractivity contribution is 5.74. The maximum atomic E-state index is 11.6. The van der Waals surface area contributed by atoms with Crippen molar-refractivity contribution in [2.45, 2.75) is 43.9 Å². The van der Waals surface area contributed by atoms with Crippen LogP contribution in [0.4, 0.5) is 4.79 Å². The Morgan fingerprint density at radius 2 is 2.05 bits per heavy atom. The molecule has 19 heavy (non-hydrogen) atoms. The number of rotatable bonds is 6. The van der Waals surface area contributed by atoms with Crippen molar-refractivity contribution in [2.24, 2.45) is 0 Å². The van der Waals surface area contributed by atoms with Crippen LogP contribution < -0.4 is 10.6 Å². The Hall–Kier alpha value is -1.34. The molecule has 1 saturated heterocycles. The minimum atomic E-state index is -1.42. The molecular weight excluding hydrogens is 250 g/mol. The van der Waals surface area contributed by atoms with Gasteiger partial charge in [0.15, 0.2) is 6.10 Å². The number of nitrogens with one attached hydrogen (secondary N) is 2. The molecule has 0 spiro atoms. The number of nitrogens with zero attached hydrogens (tertiary/aromatic N) is 1. The minimum Gasteiger partial charge on any atom is -0.479 e. The largest absolute Gasteiger partial charge is 0.479 e. The SMILES string of the molecule is O=C(NCCC(O)C(=O)O)NC1CCN(C2CC2)C1. The lowest BCUT2D eigenvalue weighted by Crippen LogP contribution is -2.44. The van der Waals surface area contributed by atoms with E-state index in [0.29, 0.717) is 0 Å². The molecule has 1 heterocycles. The standard InChI is InChI=1S/C12H21N3O4/c16-10(11(17)18)3-5-13-12(19)14-8-4-6-15(7-8)9-1-2-9/h8-10,16H,1-7H2,(H,17,18)(H2,13,14,19). The molecule has 0 radical (unpaired) electrons. The molecule has 0 bridgehead atoms. The predicted molar refractivity (Wildman–Crippen MR) is 67.8 cm³/mol. The fraction of sp³-hybridized carbons (Fsp3) is 0.833. The van der Waals surface area contributed by atoms with Gasteiger partial charge in [-0.1, -0.05) is 0 Å². The molecule has 2 amide bonds. The van der Waals surface area contributed by atoms with Crippen LogP contribution in [-0.4, -0.2) is 64.9 Å². The van der Waals surface area contributed by atoms with Crippen molar-refractivity contribution in [1.29, 1.82) is 0 Å². The number of aliphatic carboxylic acids is 1. The molecule has 0 aromatic heterocycles. The van der Waals surface area contributed by atoms with Crippen molar-refractivity contribution < 1.29 is 19.8 Å². The highest BCUT2D eigenvalue weighted by Gasteiger charge is 2.34. The second-order valence-electron chi connectivity index (χ2n) is 5.25. The number of hydrogen-bond donors (Lipinski definition) is 4. The first-order chi connectivity index (χ1) is 9.06. The van der Waals surface area contributed by atoms with E-state index in [2.05, 4.69) is 15.5 Å². The molecule has 7 heteroatoms. The summed E-state index contributed by atoms with van der Waals surface area (Å²) in [4.78, 5) is 24.4. The quantitative estimate of drug-likeness (QED) is 0.514. The average Bonchev–Trinajstić information content (AvgIpc) is 3.10. The molecule has 0 aromatic carbocycles. The van der Waals surface area contributed by atoms with Crippen molar-refractivity contribution in [2.75, 3.05) is 19.6 Å². The van der Waals surface area contributed by atoms with Gasteiger partial charge >= 0.3 is 12.0 Å². The van der Waals surface area contributed by atoms with E-state index in [1.807, 2.05) is 0 Å². The Morgan fingerprint density at radius 3 is 2.68 bits per heavy atom. The zero-order valence-corrected chi connectivity index (χ0v) is 10.8. The second kappa shape index (κ2) is 6.21. The Morgan fingerprint density at radius 1 is 1.32 bits per heavy atom. The highest BCUT2D eigenvalue weighted by Crippen LogP contribution is 2.29. The van der Waals surface area contributed by atoms with Crippen LogP contribution >= 0.6 is 0 Å². The third-order valence-corrected chi connectivity index (χ3v) is 3.61. The summed E-state index contributed by atoms with van der Waals surface area (Å²) >= 11 is 0. The molecule has 2 unspecified atom stereocenters. The van der Waals surface area contributed by atoms with Crippen LogP contribution in [0.5, 0.6) is 0 Å². The number of carbonyl (C=O) groups is 2. The number of amides is 2. The summed E-state index contributed by atoms with van der Waals surface area (Å²) in [7, 11) is 0. The predicted octanol–water partition coefficient (Wildman–Crippen LogP) is -0.642. The average molecular weight is 271 g/mol. The number of urea groups is 1. The molecule has 1 aliphatic heterocycles. The normalized spacial score (nSPS) is 25.0. The number of likely N-dealkylation sites (tertiary alicyclic amines) is 1. The van der Waals surface area contributed by atoms with Crippen molar-refractivity contribution in [1.82, 2.24) is 15.5 Å². The van der Waals surface area contributed by atoms with E-state index >= 15 is 0 Å². The summed E-state index contributed by atoms with van der Waals surface area (Å²) in [5.74, 6) is -1.27. The smallest absolute Gasteiger partial charge is 0.332 e. The fourth-order valence-corrected chi connectivity index (χ4v) is 2.36. The zero-order chi connectivity index (χ0) is 13.8. The summed E-state index contributed by atoms with van der Waals surface area (Å²) in [6, 6.07) is 0.603. The number of carboxylic acids is 1. The Bertz CT molecular complexity index is 346. The summed E-state index contributed by atoms with van der Waals surface area (Å²) in [6.07, 6.45) is 2.10. The summed E-state index contributed by atoms with van der Waals surface area (Å²) < 4.78 is 0. The third-order valence-electron chi connectivity index (χ3n) is 3.61. The van der Waals surface area contributed by atoms with Crippen LogP contribution in [0.2, 0.25) is 0 Å². The van der Waals surface area contributed by atoms with Crippen LogP contribution in [0.15, 0.2) is 0 Å². The first-order valence-electron chi connectivity index (χ1n) is 6.75. The van der Waals surface area contributed by atoms with Gasteiger partial charge in [-0.05, 0) is 19.3 Å². The van der Waals surface area contributed by atoms with Gasteiger partial charge in [0.05, 0.1) is 0 Å². The van der Waals surface area contributed by atoms with Crippen LogP contribution in [0.3, 0.4) is 0 Å². The number of aliphatic hydroxyl groups is 1. The van der Waals surface area contributed by atoms with Crippen molar-refractivity contribution >= 4 is 12.0 Å². The lowest BCUT2D eigenvalue weighted by Gasteiger charge is -2.16. The van der Waals surface area contributed by atoms with Crippen molar-refractivity contribution in [3.05, 3.63) is 0 Å². The molecular formula is C12H21N3O4. The van der Waals surface area contributed by atoms with Crippen LogP contribution in [-0.2, 0) is 4.79 Å². The van der Waals surface area contributed by atoms with E-state index in [9.17, 15) is 9.59 Å². The molecule has 108 valence electrons. The van der Waals surface area contributed by atoms with Gasteiger partial charge in [-0.15, -0.1) is 0 Å². The molecule has 2 atom stereocenters. The van der Waals surface area contributed by atoms with Gasteiger partial charge in [-0.3, -0.25) is 4.90 Å². The van der Waals surface area contributed by atoms with E-state index in [1.165, 1.54) is 12.8 Å². The molecule has 0 aromatic rings. The Kier molecular flexibility index (Phi) is 4.60. The number of hydrogen-bond acceptors (Lipinski definition) is 4. The monoisotopic (exact) mass is 271 g/mol. The number of carboxylic acid groups (broad SMARTS) is 1. The van der Waals surface area contributed by atoms with Gasteiger partial charge in [0.2, 0.25) is 0 Å². The minimum absolute atomic E-state index is 0.0155. The molecule has 2 fully saturated rings. The van der Waals surface area contributed by atoms with Gasteiger partial charge in [0.1, 0.15) is 0 Å². The lowest BCUT2D eigenvalue weighted by atomic mass is 10.2. The van der Waals surface area contributed by atoms with E-state index in [-0.39, 0.29) is 25.0 Å². The fourth-order valence-electron chi connectivity index (χ4n) is 2.36. The second-order valence-corrected chi connectivity index (χ2v) is 5.25. The van der Waals surface area contributed by atoms with Crippen LogP contribution in [0.25, 0.3) is 0 Å². The molecule has 2 aliphatic rings. The van der Waals surface area contributed by atoms with Crippen molar-refractivity contribution in [3.63, 3.8) is 0 Å². The Balaban J connectivity index is 1.58. The number of aliphatic hydroxyl groups excluding tert-OH is 1. The zero-order valence-electron chi connectivity index (χ0n) is 10.8. The maximum Gasteiger partial charge on any atom is 0.332 e. The van der Waals surface area contributed by atoms with Crippen LogP contribution in [0, 0.1) is 0 Å². The van der Waals surface area contributed by atoms with Gasteiger partial charge in [-0.25, -0.2) is 9.59 Å². The van der Waals surface area contributed by atoms with Gasteiger partial charge in [0.25, 0.3) is 0 Å². The van der Waals surface area contributed by atoms with Crippen LogP contribution in [0.1, 0.15) is 25.7 Å². The van der Waals surface area contributed by atoms with Gasteiger partial charge < -0.3 is 20.8 Å². The topological polar surface area (TPSA) is 102 Å². The highest BCUT2D eigenvalue weighted by atomic mass is 16.4. The third kappa shape index (κ3) is 4.36. The van der Waals surface area contributed by atoms with Crippen molar-refractivity contribution in [3.8, 4) is 0 Å². The molecule has 7 nitrogen and oxygen atoms in total. The maximum absolute atomic E-state index is 11.6. The first kappa shape index (κ1) is 14.1. The van der Waals surface area contributed by atoms with E-state index in [1.54, 1.807) is 0 Å². The van der Waals surface area contributed by atoms with E-state index in [0.717, 1.165) is 25.6 Å². The summed E-state index contributed by atoms with van der Waals surface area (Å²) in [6.45, 7) is 2.08. The Labute approximate surface area is 112 Å². The van der Waals surface area contributed by atoms with Gasteiger partial charge in [-0.2, -0.15) is 0 Å². The first-order valence-corrected chi connectivity index (χ1v) is 6.75.